The number of hydrogen-bond acceptors (Lipinski definition) is 6. The summed E-state index contributed by atoms with van der Waals surface area (Å²) in [5, 5.41) is 0.592. The van der Waals surface area contributed by atoms with Gasteiger partial charge in [0.05, 0.1) is 26.4 Å². The molecule has 1 amide bonds. The van der Waals surface area contributed by atoms with Crippen molar-refractivity contribution in [3.05, 3.63) is 53.1 Å². The van der Waals surface area contributed by atoms with Crippen LogP contribution in [0.1, 0.15) is 42.3 Å². The molecule has 0 saturated heterocycles. The number of carbonyl (C=O) groups excluding carboxylic acids is 1. The Bertz CT molecular complexity index is 1220. The molecule has 3 aromatic rings. The van der Waals surface area contributed by atoms with Gasteiger partial charge in [0.15, 0.2) is 15.0 Å². The van der Waals surface area contributed by atoms with E-state index in [1.807, 2.05) is 19.9 Å². The Morgan fingerprint density at radius 1 is 1.00 bits per heavy atom. The van der Waals surface area contributed by atoms with E-state index in [2.05, 4.69) is 24.8 Å². The summed E-state index contributed by atoms with van der Waals surface area (Å²) in [6, 6.07) is 10.6. The molecule has 9 heteroatoms. The van der Waals surface area contributed by atoms with Crippen LogP contribution in [0.15, 0.2) is 41.3 Å². The first-order chi connectivity index (χ1) is 15.2. The van der Waals surface area contributed by atoms with Crippen molar-refractivity contribution in [2.45, 2.75) is 39.5 Å². The highest BCUT2D eigenvalue weighted by Crippen LogP contribution is 2.33. The lowest BCUT2D eigenvalue weighted by Crippen LogP contribution is -2.39. The zero-order chi connectivity index (χ0) is 23.5. The van der Waals surface area contributed by atoms with Crippen LogP contribution in [0, 0.1) is 13.8 Å². The van der Waals surface area contributed by atoms with E-state index in [-0.39, 0.29) is 34.5 Å². The molecule has 2 aromatic carbocycles. The van der Waals surface area contributed by atoms with Crippen molar-refractivity contribution >= 4 is 54.8 Å². The lowest BCUT2D eigenvalue weighted by Gasteiger charge is -2.25. The van der Waals surface area contributed by atoms with Crippen molar-refractivity contribution in [3.63, 3.8) is 0 Å². The number of rotatable bonds is 9. The van der Waals surface area contributed by atoms with E-state index in [9.17, 15) is 13.2 Å². The topological polar surface area (TPSA) is 70.6 Å². The molecule has 0 aliphatic rings. The van der Waals surface area contributed by atoms with E-state index in [4.69, 9.17) is 4.98 Å². The number of likely N-dealkylation sites (N-methyl/N-ethyl adjacent to an activating group) is 1. The highest BCUT2D eigenvalue weighted by atomic mass is 35.5. The molecule has 1 aromatic heterocycles. The standard InChI is InChI=1S/C24H31N3O3S2.ClH/c1-6-26(7-2)15-16-27(24-25-22-18(5)17(4)13-14-20(22)31-24)23(28)19-11-9-10-12-21(19)32(29,30)8-3;/h9-14H,6-8,15-16H2,1-5H3;1H. The highest BCUT2D eigenvalue weighted by molar-refractivity contribution is 7.91. The third-order valence-electron chi connectivity index (χ3n) is 5.92. The molecular formula is C24H32ClN3O3S2. The number of halogens is 1. The normalized spacial score (nSPS) is 11.6. The van der Waals surface area contributed by atoms with E-state index in [1.54, 1.807) is 30.0 Å². The first-order valence-corrected chi connectivity index (χ1v) is 13.4. The van der Waals surface area contributed by atoms with Gasteiger partial charge in [0.25, 0.3) is 5.91 Å². The number of amides is 1. The average molecular weight is 510 g/mol. The largest absolute Gasteiger partial charge is 0.302 e. The summed E-state index contributed by atoms with van der Waals surface area (Å²) in [5.74, 6) is -0.394. The maximum absolute atomic E-state index is 13.8. The molecule has 0 unspecified atom stereocenters. The SMILES string of the molecule is CCN(CC)CCN(C(=O)c1ccccc1S(=O)(=O)CC)c1nc2c(C)c(C)ccc2s1.Cl. The molecule has 0 atom stereocenters. The molecule has 0 N–H and O–H groups in total. The van der Waals surface area contributed by atoms with Crippen LogP contribution < -0.4 is 4.90 Å². The van der Waals surface area contributed by atoms with Crippen LogP contribution in [-0.2, 0) is 9.84 Å². The first kappa shape index (κ1) is 27.2. The van der Waals surface area contributed by atoms with Crippen molar-refractivity contribution in [3.8, 4) is 0 Å². The summed E-state index contributed by atoms with van der Waals surface area (Å²) < 4.78 is 26.4. The summed E-state index contributed by atoms with van der Waals surface area (Å²) in [6.07, 6.45) is 0. The minimum absolute atomic E-state index is 0. The maximum Gasteiger partial charge on any atom is 0.261 e. The van der Waals surface area contributed by atoms with Crippen LogP contribution in [0.2, 0.25) is 0 Å². The molecule has 0 bridgehead atoms. The van der Waals surface area contributed by atoms with Crippen LogP contribution in [0.5, 0.6) is 0 Å². The fraction of sp³-hybridized carbons (Fsp3) is 0.417. The smallest absolute Gasteiger partial charge is 0.261 e. The molecule has 180 valence electrons. The number of sulfone groups is 1. The van der Waals surface area contributed by atoms with Crippen LogP contribution in [0.3, 0.4) is 0 Å². The molecule has 0 fully saturated rings. The van der Waals surface area contributed by atoms with Gasteiger partial charge in [-0.1, -0.05) is 50.3 Å². The molecule has 0 saturated carbocycles. The number of benzene rings is 2. The van der Waals surface area contributed by atoms with E-state index < -0.39 is 9.84 Å². The molecule has 33 heavy (non-hydrogen) atoms. The minimum Gasteiger partial charge on any atom is -0.302 e. The Balaban J connectivity index is 0.00000385. The zero-order valence-electron chi connectivity index (χ0n) is 19.8. The van der Waals surface area contributed by atoms with Gasteiger partial charge in [-0.05, 0) is 56.3 Å². The summed E-state index contributed by atoms with van der Waals surface area (Å²) in [4.78, 5) is 22.5. The zero-order valence-corrected chi connectivity index (χ0v) is 22.2. The van der Waals surface area contributed by atoms with Gasteiger partial charge < -0.3 is 4.90 Å². The quantitative estimate of drug-likeness (QED) is 0.400. The van der Waals surface area contributed by atoms with E-state index in [1.165, 1.54) is 17.4 Å². The number of fused-ring (bicyclic) bond motifs is 1. The van der Waals surface area contributed by atoms with Gasteiger partial charge in [0.1, 0.15) is 0 Å². The fourth-order valence-corrected chi connectivity index (χ4v) is 5.75. The van der Waals surface area contributed by atoms with Crippen LogP contribution in [0.25, 0.3) is 10.2 Å². The van der Waals surface area contributed by atoms with E-state index in [0.717, 1.165) is 34.4 Å². The fourth-order valence-electron chi connectivity index (χ4n) is 3.61. The number of thiazole rings is 1. The van der Waals surface area contributed by atoms with Crippen molar-refractivity contribution in [2.75, 3.05) is 36.8 Å². The Hall–Kier alpha value is -2.00. The predicted molar refractivity (Wildman–Crippen MR) is 140 cm³/mol. The lowest BCUT2D eigenvalue weighted by atomic mass is 10.1. The van der Waals surface area contributed by atoms with E-state index >= 15 is 0 Å². The number of aromatic nitrogens is 1. The van der Waals surface area contributed by atoms with E-state index in [0.29, 0.717) is 18.2 Å². The second-order valence-corrected chi connectivity index (χ2v) is 11.0. The Morgan fingerprint density at radius 2 is 1.67 bits per heavy atom. The Kier molecular flexibility index (Phi) is 9.43. The van der Waals surface area contributed by atoms with Crippen molar-refractivity contribution in [2.24, 2.45) is 0 Å². The first-order valence-electron chi connectivity index (χ1n) is 11.0. The third kappa shape index (κ3) is 5.74. The highest BCUT2D eigenvalue weighted by Gasteiger charge is 2.27. The number of hydrogen-bond donors (Lipinski definition) is 0. The second-order valence-electron chi connectivity index (χ2n) is 7.73. The number of aryl methyl sites for hydroxylation is 2. The minimum atomic E-state index is -3.54. The molecule has 0 aliphatic carbocycles. The maximum atomic E-state index is 13.8. The Labute approximate surface area is 207 Å². The van der Waals surface area contributed by atoms with Gasteiger partial charge in [-0.25, -0.2) is 13.4 Å². The summed E-state index contributed by atoms with van der Waals surface area (Å²) >= 11 is 1.46. The molecule has 1 heterocycles. The molecule has 3 rings (SSSR count). The third-order valence-corrected chi connectivity index (χ3v) is 8.75. The van der Waals surface area contributed by atoms with Crippen molar-refractivity contribution in [1.82, 2.24) is 9.88 Å². The molecule has 0 aliphatic heterocycles. The van der Waals surface area contributed by atoms with Crippen LogP contribution in [0.4, 0.5) is 5.13 Å². The monoisotopic (exact) mass is 509 g/mol. The predicted octanol–water partition coefficient (Wildman–Crippen LogP) is 5.12. The number of nitrogens with zero attached hydrogens (tertiary/aromatic N) is 3. The number of anilines is 1. The Morgan fingerprint density at radius 3 is 2.30 bits per heavy atom. The summed E-state index contributed by atoms with van der Waals surface area (Å²) in [5.41, 5.74) is 3.33. The van der Waals surface area contributed by atoms with Gasteiger partial charge >= 0.3 is 0 Å². The average Bonchev–Trinajstić information content (AvgIpc) is 3.23. The lowest BCUT2D eigenvalue weighted by molar-refractivity contribution is 0.0980. The molecular weight excluding hydrogens is 478 g/mol. The molecule has 0 radical (unpaired) electrons. The summed E-state index contributed by atoms with van der Waals surface area (Å²) in [6.45, 7) is 12.7. The van der Waals surface area contributed by atoms with Crippen LogP contribution in [-0.4, -0.2) is 56.1 Å². The van der Waals surface area contributed by atoms with Gasteiger partial charge in [-0.3, -0.25) is 9.69 Å². The van der Waals surface area contributed by atoms with Crippen molar-refractivity contribution < 1.29 is 13.2 Å². The molecule has 0 spiro atoms. The second kappa shape index (κ2) is 11.4. The van der Waals surface area contributed by atoms with Crippen LogP contribution >= 0.6 is 23.7 Å². The van der Waals surface area contributed by atoms with Crippen molar-refractivity contribution in [1.29, 1.82) is 0 Å². The summed E-state index contributed by atoms with van der Waals surface area (Å²) in [7, 11) is -3.54. The van der Waals surface area contributed by atoms with Gasteiger partial charge in [-0.15, -0.1) is 12.4 Å². The number of carbonyl (C=O) groups is 1. The van der Waals surface area contributed by atoms with Gasteiger partial charge in [-0.2, -0.15) is 0 Å². The van der Waals surface area contributed by atoms with Gasteiger partial charge in [0, 0.05) is 13.1 Å². The molecule has 6 nitrogen and oxygen atoms in total. The van der Waals surface area contributed by atoms with Gasteiger partial charge in [0.2, 0.25) is 0 Å².